The van der Waals surface area contributed by atoms with Crippen molar-refractivity contribution in [3.63, 3.8) is 0 Å². The summed E-state index contributed by atoms with van der Waals surface area (Å²) in [4.78, 5) is 0. The van der Waals surface area contributed by atoms with Gasteiger partial charge in [0.05, 0.1) is 11.6 Å². The van der Waals surface area contributed by atoms with Crippen LogP contribution in [0.25, 0.3) is 12.2 Å². The Morgan fingerprint density at radius 1 is 0.857 bits per heavy atom. The van der Waals surface area contributed by atoms with Crippen LogP contribution in [0.5, 0.6) is 0 Å². The first-order chi connectivity index (χ1) is 16.3. The van der Waals surface area contributed by atoms with Gasteiger partial charge in [0.1, 0.15) is 0 Å². The quantitative estimate of drug-likeness (QED) is 0.390. The third-order valence-corrected chi connectivity index (χ3v) is 8.93. The Balaban J connectivity index is 2.08. The lowest BCUT2D eigenvalue weighted by molar-refractivity contribution is -0.0888. The second-order valence-corrected chi connectivity index (χ2v) is 11.9. The number of hydrogen-bond donors (Lipinski definition) is 0. The van der Waals surface area contributed by atoms with E-state index in [1.807, 2.05) is 0 Å². The van der Waals surface area contributed by atoms with Gasteiger partial charge in [-0.3, -0.25) is 0 Å². The predicted octanol–water partition coefficient (Wildman–Crippen LogP) is 6.41. The van der Waals surface area contributed by atoms with E-state index >= 15 is 0 Å². The lowest BCUT2D eigenvalue weighted by atomic mass is 10.0. The maximum atomic E-state index is 13.3. The molecule has 0 spiro atoms. The molecule has 1 atom stereocenters. The maximum absolute atomic E-state index is 13.3. The van der Waals surface area contributed by atoms with Crippen LogP contribution in [-0.4, -0.2) is 32.8 Å². The molecule has 0 bridgehead atoms. The molecular formula is C23H18Cl2F3NO4S2. The molecule has 1 aliphatic rings. The van der Waals surface area contributed by atoms with Crippen LogP contribution >= 0.6 is 23.2 Å². The van der Waals surface area contributed by atoms with Gasteiger partial charge in [0.15, 0.2) is 0 Å². The zero-order valence-electron chi connectivity index (χ0n) is 17.7. The van der Waals surface area contributed by atoms with Gasteiger partial charge in [-0.2, -0.15) is 13.2 Å². The van der Waals surface area contributed by atoms with E-state index in [-0.39, 0.29) is 10.1 Å². The normalized spacial score (nSPS) is 17.4. The van der Waals surface area contributed by atoms with Crippen molar-refractivity contribution in [3.8, 4) is 0 Å². The lowest BCUT2D eigenvalue weighted by Gasteiger charge is -2.27. The Kier molecular flexibility index (Phi) is 8.33. The average Bonchev–Trinajstić information content (AvgIpc) is 2.76. The monoisotopic (exact) mass is 563 g/mol. The van der Waals surface area contributed by atoms with Crippen molar-refractivity contribution in [2.75, 3.05) is 0 Å². The minimum Gasteiger partial charge on any atom is -0.206 e. The van der Waals surface area contributed by atoms with E-state index in [0.717, 1.165) is 24.3 Å². The fraction of sp³-hybridized carbons (Fsp3) is 0.130. The average molecular weight is 564 g/mol. The molecule has 0 saturated carbocycles. The summed E-state index contributed by atoms with van der Waals surface area (Å²) in [6, 6.07) is 10.5. The van der Waals surface area contributed by atoms with Crippen molar-refractivity contribution in [1.29, 1.82) is 0 Å². The summed E-state index contributed by atoms with van der Waals surface area (Å²) in [6.07, 6.45) is -0.426. The van der Waals surface area contributed by atoms with Crippen LogP contribution in [-0.2, 0) is 20.0 Å². The highest BCUT2D eigenvalue weighted by atomic mass is 35.5. The summed E-state index contributed by atoms with van der Waals surface area (Å²) in [7, 11) is -9.55. The van der Waals surface area contributed by atoms with Crippen LogP contribution in [0.2, 0.25) is 10.0 Å². The first-order valence-corrected chi connectivity index (χ1v) is 13.7. The number of allylic oxidation sites excluding steroid dienone is 2. The molecule has 0 amide bonds. The molecule has 0 saturated heterocycles. The maximum Gasteiger partial charge on any atom is 0.416 e. The molecule has 0 heterocycles. The summed E-state index contributed by atoms with van der Waals surface area (Å²) >= 11 is 11.8. The number of sulfonamides is 2. The molecule has 186 valence electrons. The molecule has 5 nitrogen and oxygen atoms in total. The molecule has 0 N–H and O–H groups in total. The first kappa shape index (κ1) is 27.2. The highest BCUT2D eigenvalue weighted by Crippen LogP contribution is 2.33. The summed E-state index contributed by atoms with van der Waals surface area (Å²) in [6.45, 7) is 0. The SMILES string of the molecule is O=S(=O)(/C=C/c1cccc(Cl)c1)N(C1C=C(C(F)(F)F)C=CC1)S(=O)(=O)/C=C/c1cccc(Cl)c1. The summed E-state index contributed by atoms with van der Waals surface area (Å²) in [5.74, 6) is 0. The molecule has 0 aromatic heterocycles. The largest absolute Gasteiger partial charge is 0.416 e. The molecule has 2 aromatic rings. The van der Waals surface area contributed by atoms with Gasteiger partial charge in [0, 0.05) is 20.9 Å². The van der Waals surface area contributed by atoms with Crippen molar-refractivity contribution in [2.45, 2.75) is 18.6 Å². The van der Waals surface area contributed by atoms with Crippen LogP contribution in [0, 0.1) is 0 Å². The first-order valence-electron chi connectivity index (χ1n) is 9.90. The van der Waals surface area contributed by atoms with Gasteiger partial charge < -0.3 is 0 Å². The van der Waals surface area contributed by atoms with Gasteiger partial charge in [0.2, 0.25) is 20.0 Å². The predicted molar refractivity (Wildman–Crippen MR) is 132 cm³/mol. The van der Waals surface area contributed by atoms with Crippen molar-refractivity contribution >= 4 is 55.4 Å². The lowest BCUT2D eigenvalue weighted by Crippen LogP contribution is -2.42. The second-order valence-electron chi connectivity index (χ2n) is 7.36. The number of hydrogen-bond acceptors (Lipinski definition) is 4. The van der Waals surface area contributed by atoms with Gasteiger partial charge in [-0.15, -0.1) is 0 Å². The third-order valence-electron chi connectivity index (χ3n) is 4.71. The summed E-state index contributed by atoms with van der Waals surface area (Å²) < 4.78 is 92.7. The topological polar surface area (TPSA) is 71.5 Å². The van der Waals surface area contributed by atoms with Gasteiger partial charge in [-0.05, 0) is 54.0 Å². The van der Waals surface area contributed by atoms with Crippen LogP contribution < -0.4 is 0 Å². The summed E-state index contributed by atoms with van der Waals surface area (Å²) in [5.41, 5.74) is -0.451. The third kappa shape index (κ3) is 7.31. The molecular weight excluding hydrogens is 546 g/mol. The van der Waals surface area contributed by atoms with Crippen molar-refractivity contribution in [3.05, 3.63) is 104 Å². The highest BCUT2D eigenvalue weighted by molar-refractivity contribution is 8.06. The molecule has 12 heteroatoms. The molecule has 35 heavy (non-hydrogen) atoms. The zero-order valence-corrected chi connectivity index (χ0v) is 20.9. The van der Waals surface area contributed by atoms with Gasteiger partial charge >= 0.3 is 6.18 Å². The van der Waals surface area contributed by atoms with Gasteiger partial charge in [0.25, 0.3) is 0 Å². The number of halogens is 5. The van der Waals surface area contributed by atoms with Crippen LogP contribution in [0.1, 0.15) is 17.5 Å². The number of rotatable bonds is 7. The number of alkyl halides is 3. The van der Waals surface area contributed by atoms with Crippen molar-refractivity contribution in [1.82, 2.24) is 3.71 Å². The van der Waals surface area contributed by atoms with Gasteiger partial charge in [-0.25, -0.2) is 16.8 Å². The Hall–Kier alpha value is -2.37. The minimum atomic E-state index is -4.79. The van der Waals surface area contributed by atoms with Crippen LogP contribution in [0.3, 0.4) is 0 Å². The van der Waals surface area contributed by atoms with E-state index in [9.17, 15) is 30.0 Å². The fourth-order valence-corrected chi connectivity index (χ4v) is 6.99. The smallest absolute Gasteiger partial charge is 0.206 e. The Bertz CT molecular complexity index is 1350. The fourth-order valence-electron chi connectivity index (χ4n) is 3.19. The molecule has 0 aliphatic heterocycles. The molecule has 2 aromatic carbocycles. The van der Waals surface area contributed by atoms with Gasteiger partial charge in [-0.1, -0.05) is 69.4 Å². The van der Waals surface area contributed by atoms with E-state index in [4.69, 9.17) is 23.2 Å². The second kappa shape index (κ2) is 10.7. The van der Waals surface area contributed by atoms with E-state index in [1.165, 1.54) is 24.3 Å². The molecule has 1 unspecified atom stereocenters. The van der Waals surface area contributed by atoms with E-state index in [1.54, 1.807) is 24.3 Å². The number of nitrogens with zero attached hydrogens (tertiary/aromatic N) is 1. The van der Waals surface area contributed by atoms with Crippen molar-refractivity contribution < 1.29 is 30.0 Å². The van der Waals surface area contributed by atoms with Crippen LogP contribution in [0.4, 0.5) is 13.2 Å². The molecule has 0 fully saturated rings. The summed E-state index contributed by atoms with van der Waals surface area (Å²) in [5, 5.41) is 1.86. The highest BCUT2D eigenvalue weighted by Gasteiger charge is 2.40. The minimum absolute atomic E-state index is 0.0668. The zero-order chi connectivity index (χ0) is 25.9. The Labute approximate surface area is 211 Å². The van der Waals surface area contributed by atoms with Crippen molar-refractivity contribution in [2.24, 2.45) is 0 Å². The molecule has 0 radical (unpaired) electrons. The van der Waals surface area contributed by atoms with E-state index < -0.39 is 37.8 Å². The molecule has 1 aliphatic carbocycles. The van der Waals surface area contributed by atoms with E-state index in [2.05, 4.69) is 0 Å². The Morgan fingerprint density at radius 2 is 1.34 bits per heavy atom. The van der Waals surface area contributed by atoms with Crippen LogP contribution in [0.15, 0.2) is 83.1 Å². The number of benzene rings is 2. The van der Waals surface area contributed by atoms with E-state index in [0.29, 0.717) is 38.1 Å². The standard InChI is InChI=1S/C23H18Cl2F3NO4S2/c24-20-7-1-4-17(14-20)10-12-34(30,31)29(22-9-3-6-19(16-22)23(26,27)28)35(32,33)13-11-18-5-2-8-21(25)15-18/h1-8,10-16,22H,9H2/b12-10+,13-11+. The molecule has 3 rings (SSSR count). The Morgan fingerprint density at radius 3 is 1.77 bits per heavy atom.